The maximum Gasteiger partial charge on any atom is 0.222 e. The zero-order valence-electron chi connectivity index (χ0n) is 14.4. The van der Waals surface area contributed by atoms with Gasteiger partial charge in [-0.25, -0.2) is 0 Å². The second-order valence-corrected chi connectivity index (χ2v) is 5.64. The van der Waals surface area contributed by atoms with Gasteiger partial charge in [0.1, 0.15) is 0 Å². The second-order valence-electron chi connectivity index (χ2n) is 5.64. The molecule has 1 amide bonds. The van der Waals surface area contributed by atoms with Crippen molar-refractivity contribution in [1.82, 2.24) is 15.5 Å². The Bertz CT molecular complexity index is 336. The lowest BCUT2D eigenvalue weighted by Crippen LogP contribution is -2.45. The van der Waals surface area contributed by atoms with Gasteiger partial charge in [-0.15, -0.1) is 24.0 Å². The maximum absolute atomic E-state index is 11.7. The van der Waals surface area contributed by atoms with E-state index in [4.69, 9.17) is 0 Å². The Morgan fingerprint density at radius 3 is 2.64 bits per heavy atom. The summed E-state index contributed by atoms with van der Waals surface area (Å²) in [4.78, 5) is 18.3. The Kier molecular flexibility index (Phi) is 12.6. The van der Waals surface area contributed by atoms with Crippen molar-refractivity contribution in [2.24, 2.45) is 4.99 Å². The summed E-state index contributed by atoms with van der Waals surface area (Å²) in [6.07, 6.45) is 6.54. The predicted octanol–water partition coefficient (Wildman–Crippen LogP) is 2.75. The number of hydrogen-bond acceptors (Lipinski definition) is 2. The third-order valence-corrected chi connectivity index (χ3v) is 3.81. The number of rotatable bonds is 8. The molecule has 1 atom stereocenters. The molecule has 1 aliphatic heterocycles. The van der Waals surface area contributed by atoms with Crippen molar-refractivity contribution in [2.75, 3.05) is 26.2 Å². The lowest BCUT2D eigenvalue weighted by atomic mass is 10.2. The third-order valence-electron chi connectivity index (χ3n) is 3.81. The summed E-state index contributed by atoms with van der Waals surface area (Å²) in [7, 11) is 0. The van der Waals surface area contributed by atoms with E-state index in [0.717, 1.165) is 45.0 Å². The van der Waals surface area contributed by atoms with E-state index in [1.165, 1.54) is 19.3 Å². The van der Waals surface area contributed by atoms with E-state index in [1.54, 1.807) is 0 Å². The van der Waals surface area contributed by atoms with Crippen LogP contribution >= 0.6 is 24.0 Å². The molecular weight excluding hydrogens is 391 g/mol. The predicted molar refractivity (Wildman–Crippen MR) is 104 cm³/mol. The van der Waals surface area contributed by atoms with Gasteiger partial charge in [-0.3, -0.25) is 9.79 Å². The van der Waals surface area contributed by atoms with Crippen LogP contribution in [0.4, 0.5) is 0 Å². The number of aliphatic imine (C=N–C) groups is 1. The van der Waals surface area contributed by atoms with E-state index >= 15 is 0 Å². The number of unbranched alkanes of at least 4 members (excludes halogenated alkanes) is 3. The van der Waals surface area contributed by atoms with Crippen molar-refractivity contribution in [3.05, 3.63) is 0 Å². The molecule has 0 saturated carbocycles. The molecule has 1 fully saturated rings. The summed E-state index contributed by atoms with van der Waals surface area (Å²) in [5.41, 5.74) is 0. The normalized spacial score (nSPS) is 18.0. The number of nitrogens with zero attached hydrogens (tertiary/aromatic N) is 2. The topological polar surface area (TPSA) is 56.7 Å². The smallest absolute Gasteiger partial charge is 0.222 e. The molecule has 1 rings (SSSR count). The van der Waals surface area contributed by atoms with Gasteiger partial charge in [0.2, 0.25) is 5.91 Å². The Morgan fingerprint density at radius 2 is 2.00 bits per heavy atom. The molecule has 0 aromatic heterocycles. The zero-order valence-corrected chi connectivity index (χ0v) is 16.7. The van der Waals surface area contributed by atoms with Crippen LogP contribution in [0.5, 0.6) is 0 Å². The molecular formula is C16H33IN4O. The van der Waals surface area contributed by atoms with Crippen LogP contribution in [0.15, 0.2) is 4.99 Å². The summed E-state index contributed by atoms with van der Waals surface area (Å²) in [6, 6.07) is 0.328. The highest BCUT2D eigenvalue weighted by atomic mass is 127. The van der Waals surface area contributed by atoms with E-state index < -0.39 is 0 Å². The fraction of sp³-hybridized carbons (Fsp3) is 0.875. The number of hydrogen-bond donors (Lipinski definition) is 2. The number of likely N-dealkylation sites (tertiary alicyclic amines) is 1. The molecule has 5 nitrogen and oxygen atoms in total. The summed E-state index contributed by atoms with van der Waals surface area (Å²) < 4.78 is 0. The van der Waals surface area contributed by atoms with E-state index in [1.807, 2.05) is 11.8 Å². The Balaban J connectivity index is 0.00000441. The number of halogens is 1. The van der Waals surface area contributed by atoms with Gasteiger partial charge >= 0.3 is 0 Å². The average Bonchev–Trinajstić information content (AvgIpc) is 2.95. The minimum atomic E-state index is 0. The molecule has 1 heterocycles. The molecule has 0 spiro atoms. The highest BCUT2D eigenvalue weighted by Crippen LogP contribution is 2.10. The highest BCUT2D eigenvalue weighted by molar-refractivity contribution is 14.0. The molecule has 0 aliphatic carbocycles. The van der Waals surface area contributed by atoms with Crippen LogP contribution in [-0.4, -0.2) is 49.0 Å². The molecule has 0 aromatic rings. The van der Waals surface area contributed by atoms with Gasteiger partial charge in [0.25, 0.3) is 0 Å². The van der Waals surface area contributed by atoms with Crippen LogP contribution in [-0.2, 0) is 4.79 Å². The van der Waals surface area contributed by atoms with Crippen molar-refractivity contribution in [3.63, 3.8) is 0 Å². The summed E-state index contributed by atoms with van der Waals surface area (Å²) >= 11 is 0. The van der Waals surface area contributed by atoms with Gasteiger partial charge in [-0.05, 0) is 19.8 Å². The molecule has 6 heteroatoms. The quantitative estimate of drug-likeness (QED) is 0.273. The first-order chi connectivity index (χ1) is 10.2. The van der Waals surface area contributed by atoms with Gasteiger partial charge in [0, 0.05) is 38.6 Å². The molecule has 0 radical (unpaired) electrons. The van der Waals surface area contributed by atoms with Gasteiger partial charge < -0.3 is 15.5 Å². The number of carbonyl (C=O) groups excluding carboxylic acids is 1. The number of nitrogens with one attached hydrogen (secondary N) is 2. The molecule has 0 bridgehead atoms. The highest BCUT2D eigenvalue weighted by Gasteiger charge is 2.25. The lowest BCUT2D eigenvalue weighted by molar-refractivity contribution is -0.129. The van der Waals surface area contributed by atoms with E-state index in [2.05, 4.69) is 29.5 Å². The van der Waals surface area contributed by atoms with Crippen LogP contribution < -0.4 is 10.6 Å². The number of amides is 1. The SMILES string of the molecule is CCCCCCN=C(NCC)NC1CCN(C(=O)CC)C1.I. The first-order valence-corrected chi connectivity index (χ1v) is 8.53. The minimum absolute atomic E-state index is 0. The van der Waals surface area contributed by atoms with E-state index in [0.29, 0.717) is 12.5 Å². The zero-order chi connectivity index (χ0) is 15.5. The van der Waals surface area contributed by atoms with Crippen molar-refractivity contribution in [3.8, 4) is 0 Å². The van der Waals surface area contributed by atoms with Crippen molar-refractivity contribution in [2.45, 2.75) is 65.3 Å². The van der Waals surface area contributed by atoms with Crippen LogP contribution in [0.2, 0.25) is 0 Å². The summed E-state index contributed by atoms with van der Waals surface area (Å²) in [6.45, 7) is 9.62. The summed E-state index contributed by atoms with van der Waals surface area (Å²) in [5, 5.41) is 6.76. The number of guanidine groups is 1. The lowest BCUT2D eigenvalue weighted by Gasteiger charge is -2.18. The largest absolute Gasteiger partial charge is 0.357 e. The molecule has 130 valence electrons. The Labute approximate surface area is 152 Å². The van der Waals surface area contributed by atoms with Gasteiger partial charge in [-0.1, -0.05) is 33.1 Å². The molecule has 2 N–H and O–H groups in total. The third kappa shape index (κ3) is 8.19. The minimum Gasteiger partial charge on any atom is -0.357 e. The van der Waals surface area contributed by atoms with Crippen LogP contribution in [0.1, 0.15) is 59.3 Å². The number of carbonyl (C=O) groups is 1. The monoisotopic (exact) mass is 424 g/mol. The average molecular weight is 424 g/mol. The molecule has 22 heavy (non-hydrogen) atoms. The summed E-state index contributed by atoms with van der Waals surface area (Å²) in [5.74, 6) is 1.14. The van der Waals surface area contributed by atoms with Gasteiger partial charge in [0.15, 0.2) is 5.96 Å². The van der Waals surface area contributed by atoms with Crippen molar-refractivity contribution in [1.29, 1.82) is 0 Å². The second kappa shape index (κ2) is 13.0. The Hall–Kier alpha value is -0.530. The van der Waals surface area contributed by atoms with Crippen LogP contribution in [0.25, 0.3) is 0 Å². The fourth-order valence-electron chi connectivity index (χ4n) is 2.57. The standard InChI is InChI=1S/C16H32N4O.HI/c1-4-7-8-9-11-18-16(17-6-3)19-14-10-12-20(13-14)15(21)5-2;/h14H,4-13H2,1-3H3,(H2,17,18,19);1H. The molecule has 1 saturated heterocycles. The maximum atomic E-state index is 11.7. The molecule has 1 unspecified atom stereocenters. The van der Waals surface area contributed by atoms with Crippen molar-refractivity contribution >= 4 is 35.8 Å². The van der Waals surface area contributed by atoms with Gasteiger partial charge in [-0.2, -0.15) is 0 Å². The van der Waals surface area contributed by atoms with Crippen molar-refractivity contribution < 1.29 is 4.79 Å². The Morgan fingerprint density at radius 1 is 1.23 bits per heavy atom. The van der Waals surface area contributed by atoms with Crippen LogP contribution in [0.3, 0.4) is 0 Å². The fourth-order valence-corrected chi connectivity index (χ4v) is 2.57. The van der Waals surface area contributed by atoms with Gasteiger partial charge in [0.05, 0.1) is 0 Å². The first kappa shape index (κ1) is 21.5. The van der Waals surface area contributed by atoms with E-state index in [-0.39, 0.29) is 29.9 Å². The first-order valence-electron chi connectivity index (χ1n) is 8.53. The molecule has 1 aliphatic rings. The van der Waals surface area contributed by atoms with Crippen LogP contribution in [0, 0.1) is 0 Å². The molecule has 0 aromatic carbocycles. The van der Waals surface area contributed by atoms with E-state index in [9.17, 15) is 4.79 Å².